The third-order valence-electron chi connectivity index (χ3n) is 7.41. The highest BCUT2D eigenvalue weighted by Crippen LogP contribution is 2.31. The van der Waals surface area contributed by atoms with E-state index in [0.717, 1.165) is 22.0 Å². The fourth-order valence-corrected chi connectivity index (χ4v) is 5.47. The monoisotopic (exact) mass is 574 g/mol. The molecule has 4 rings (SSSR count). The zero-order valence-electron chi connectivity index (χ0n) is 24.7. The van der Waals surface area contributed by atoms with Gasteiger partial charge in [-0.05, 0) is 63.3 Å². The van der Waals surface area contributed by atoms with Crippen LogP contribution in [0.25, 0.3) is 10.9 Å². The molecule has 2 atom stereocenters. The SMILES string of the molecule is CCOC(=O)O[C@]1(Cc2ccccc2)CCCN(C(=O)[C@@H](Cc2c[nH]c3ccccc23)NC(=O)/C=C/CC(C)(C)N)C1. The predicted octanol–water partition coefficient (Wildman–Crippen LogP) is 4.66. The molecule has 0 spiro atoms. The van der Waals surface area contributed by atoms with Crippen LogP contribution >= 0.6 is 0 Å². The van der Waals surface area contributed by atoms with Gasteiger partial charge in [-0.25, -0.2) is 4.79 Å². The van der Waals surface area contributed by atoms with Crippen LogP contribution in [0.3, 0.4) is 0 Å². The van der Waals surface area contributed by atoms with Crippen molar-refractivity contribution in [1.82, 2.24) is 15.2 Å². The van der Waals surface area contributed by atoms with E-state index >= 15 is 0 Å². The molecule has 1 fully saturated rings. The van der Waals surface area contributed by atoms with Crippen LogP contribution in [-0.4, -0.2) is 64.7 Å². The topological polar surface area (TPSA) is 127 Å². The molecule has 1 aliphatic heterocycles. The summed E-state index contributed by atoms with van der Waals surface area (Å²) in [6.07, 6.45) is 6.76. The Bertz CT molecular complexity index is 1390. The summed E-state index contributed by atoms with van der Waals surface area (Å²) in [5.41, 5.74) is 7.52. The average molecular weight is 575 g/mol. The predicted molar refractivity (Wildman–Crippen MR) is 163 cm³/mol. The molecule has 0 aliphatic carbocycles. The first-order valence-corrected chi connectivity index (χ1v) is 14.6. The lowest BCUT2D eigenvalue weighted by atomic mass is 9.85. The molecule has 0 unspecified atom stereocenters. The van der Waals surface area contributed by atoms with Crippen LogP contribution in [0.4, 0.5) is 4.79 Å². The highest BCUT2D eigenvalue weighted by molar-refractivity contribution is 5.93. The van der Waals surface area contributed by atoms with Crippen molar-refractivity contribution in [3.8, 4) is 0 Å². The quantitative estimate of drug-likeness (QED) is 0.226. The number of benzene rings is 2. The number of nitrogens with two attached hydrogens (primary N) is 1. The maximum Gasteiger partial charge on any atom is 0.508 e. The first-order chi connectivity index (χ1) is 20.1. The zero-order valence-corrected chi connectivity index (χ0v) is 24.7. The number of fused-ring (bicyclic) bond motifs is 1. The van der Waals surface area contributed by atoms with Crippen molar-refractivity contribution in [2.24, 2.45) is 5.73 Å². The summed E-state index contributed by atoms with van der Waals surface area (Å²) in [7, 11) is 0. The Morgan fingerprint density at radius 3 is 2.62 bits per heavy atom. The van der Waals surface area contributed by atoms with E-state index in [1.807, 2.05) is 74.6 Å². The normalized spacial score (nSPS) is 18.1. The third-order valence-corrected chi connectivity index (χ3v) is 7.41. The van der Waals surface area contributed by atoms with Crippen molar-refractivity contribution >= 4 is 28.9 Å². The van der Waals surface area contributed by atoms with Gasteiger partial charge in [0.15, 0.2) is 0 Å². The van der Waals surface area contributed by atoms with Gasteiger partial charge in [0.05, 0.1) is 13.2 Å². The maximum absolute atomic E-state index is 14.2. The number of hydrogen-bond donors (Lipinski definition) is 3. The number of aromatic amines is 1. The minimum Gasteiger partial charge on any atom is -0.435 e. The van der Waals surface area contributed by atoms with Gasteiger partial charge in [0.25, 0.3) is 0 Å². The van der Waals surface area contributed by atoms with E-state index in [1.165, 1.54) is 6.08 Å². The van der Waals surface area contributed by atoms with E-state index in [0.29, 0.717) is 38.6 Å². The summed E-state index contributed by atoms with van der Waals surface area (Å²) >= 11 is 0. The van der Waals surface area contributed by atoms with Gasteiger partial charge in [0.1, 0.15) is 11.6 Å². The van der Waals surface area contributed by atoms with E-state index in [2.05, 4.69) is 10.3 Å². The molecule has 42 heavy (non-hydrogen) atoms. The molecule has 3 aromatic rings. The van der Waals surface area contributed by atoms with Gasteiger partial charge in [-0.1, -0.05) is 54.6 Å². The molecule has 4 N–H and O–H groups in total. The van der Waals surface area contributed by atoms with Crippen molar-refractivity contribution in [1.29, 1.82) is 0 Å². The Hall–Kier alpha value is -4.11. The van der Waals surface area contributed by atoms with Crippen molar-refractivity contribution in [2.45, 2.75) is 70.1 Å². The molecule has 0 saturated carbocycles. The number of hydrogen-bond acceptors (Lipinski definition) is 6. The van der Waals surface area contributed by atoms with Crippen molar-refractivity contribution < 1.29 is 23.9 Å². The highest BCUT2D eigenvalue weighted by atomic mass is 16.7. The summed E-state index contributed by atoms with van der Waals surface area (Å²) in [5, 5.41) is 3.93. The Balaban J connectivity index is 1.59. The van der Waals surface area contributed by atoms with Crippen molar-refractivity contribution in [3.05, 3.63) is 84.1 Å². The molecule has 224 valence electrons. The molecule has 2 amide bonds. The average Bonchev–Trinajstić information content (AvgIpc) is 3.35. The summed E-state index contributed by atoms with van der Waals surface area (Å²) in [4.78, 5) is 44.7. The highest BCUT2D eigenvalue weighted by Gasteiger charge is 2.42. The van der Waals surface area contributed by atoms with Gasteiger partial charge >= 0.3 is 6.16 Å². The van der Waals surface area contributed by atoms with Gasteiger partial charge in [0.2, 0.25) is 11.8 Å². The summed E-state index contributed by atoms with van der Waals surface area (Å²) in [6.45, 7) is 6.36. The Labute approximate surface area is 247 Å². The second kappa shape index (κ2) is 13.7. The summed E-state index contributed by atoms with van der Waals surface area (Å²) in [6, 6.07) is 16.8. The lowest BCUT2D eigenvalue weighted by Crippen LogP contribution is -2.58. The van der Waals surface area contributed by atoms with E-state index in [-0.39, 0.29) is 25.0 Å². The van der Waals surface area contributed by atoms with Crippen molar-refractivity contribution in [2.75, 3.05) is 19.7 Å². The number of likely N-dealkylation sites (tertiary alicyclic amines) is 1. The largest absolute Gasteiger partial charge is 0.508 e. The van der Waals surface area contributed by atoms with E-state index in [1.54, 1.807) is 17.9 Å². The zero-order chi connectivity index (χ0) is 30.2. The smallest absolute Gasteiger partial charge is 0.435 e. The van der Waals surface area contributed by atoms with Gasteiger partial charge in [-0.15, -0.1) is 0 Å². The molecule has 1 aromatic heterocycles. The molecule has 9 heteroatoms. The summed E-state index contributed by atoms with van der Waals surface area (Å²) < 4.78 is 11.1. The molecule has 2 heterocycles. The molecule has 0 radical (unpaired) electrons. The molecule has 2 aromatic carbocycles. The molecular weight excluding hydrogens is 532 g/mol. The first kappa shape index (κ1) is 30.8. The van der Waals surface area contributed by atoms with E-state index < -0.39 is 23.3 Å². The minimum absolute atomic E-state index is 0.191. The Morgan fingerprint density at radius 1 is 1.14 bits per heavy atom. The molecule has 1 saturated heterocycles. The fraction of sp³-hybridized carbons (Fsp3) is 0.424. The lowest BCUT2D eigenvalue weighted by Gasteiger charge is -2.43. The number of H-pyrrole nitrogens is 1. The van der Waals surface area contributed by atoms with Gasteiger partial charge in [0, 0.05) is 42.0 Å². The van der Waals surface area contributed by atoms with Crippen LogP contribution in [0.2, 0.25) is 0 Å². The first-order valence-electron chi connectivity index (χ1n) is 14.6. The number of piperidine rings is 1. The third kappa shape index (κ3) is 8.45. The minimum atomic E-state index is -0.955. The lowest BCUT2D eigenvalue weighted by molar-refractivity contribution is -0.143. The number of carbonyl (C=O) groups excluding carboxylic acids is 3. The van der Waals surface area contributed by atoms with Gasteiger partial charge in [-0.3, -0.25) is 9.59 Å². The van der Waals surface area contributed by atoms with E-state index in [4.69, 9.17) is 15.2 Å². The van der Waals surface area contributed by atoms with Gasteiger partial charge in [-0.2, -0.15) is 0 Å². The number of carbonyl (C=O) groups is 3. The van der Waals surface area contributed by atoms with Crippen LogP contribution in [0, 0.1) is 0 Å². The van der Waals surface area contributed by atoms with Crippen LogP contribution < -0.4 is 11.1 Å². The van der Waals surface area contributed by atoms with E-state index in [9.17, 15) is 14.4 Å². The number of nitrogens with zero attached hydrogens (tertiary/aromatic N) is 1. The van der Waals surface area contributed by atoms with Crippen LogP contribution in [-0.2, 0) is 31.9 Å². The Kier molecular flexibility index (Phi) is 10.1. The van der Waals surface area contributed by atoms with Crippen LogP contribution in [0.1, 0.15) is 51.2 Å². The maximum atomic E-state index is 14.2. The second-order valence-electron chi connectivity index (χ2n) is 11.7. The number of amides is 2. The molecular formula is C33H42N4O5. The van der Waals surface area contributed by atoms with Crippen molar-refractivity contribution in [3.63, 3.8) is 0 Å². The Morgan fingerprint density at radius 2 is 1.88 bits per heavy atom. The number of para-hydroxylation sites is 1. The molecule has 0 bridgehead atoms. The number of ether oxygens (including phenoxy) is 2. The standard InChI is InChI=1S/C33H42N4O5/c1-4-41-31(40)42-33(21-24-12-6-5-7-13-24)18-11-19-37(23-33)30(39)28(36-29(38)16-10-17-32(2,3)34)20-25-22-35-27-15-9-8-14-26(25)27/h5-10,12-16,22,28,35H,4,11,17-21,23,34H2,1-3H3,(H,36,38)/b16-10+/t28-,33+/m1/s1. The molecule has 9 nitrogen and oxygen atoms in total. The number of aromatic nitrogens is 1. The number of rotatable bonds is 11. The summed E-state index contributed by atoms with van der Waals surface area (Å²) in [5.74, 6) is -0.599. The number of nitrogens with one attached hydrogen (secondary N) is 2. The fourth-order valence-electron chi connectivity index (χ4n) is 5.47. The van der Waals surface area contributed by atoms with Crippen LogP contribution in [0.5, 0.6) is 0 Å². The van der Waals surface area contributed by atoms with Crippen LogP contribution in [0.15, 0.2) is 72.9 Å². The second-order valence-corrected chi connectivity index (χ2v) is 11.7. The molecule has 1 aliphatic rings. The van der Waals surface area contributed by atoms with Gasteiger partial charge < -0.3 is 30.4 Å².